The highest BCUT2D eigenvalue weighted by molar-refractivity contribution is 5.79. The molecule has 41 heavy (non-hydrogen) atoms. The summed E-state index contributed by atoms with van der Waals surface area (Å²) in [7, 11) is 0. The smallest absolute Gasteiger partial charge is 0.326 e. The number of imidazole rings is 1. The van der Waals surface area contributed by atoms with Gasteiger partial charge in [-0.25, -0.2) is 9.78 Å². The predicted molar refractivity (Wildman–Crippen MR) is 165 cm³/mol. The quantitative estimate of drug-likeness (QED) is 0.237. The highest BCUT2D eigenvalue weighted by atomic mass is 16.1. The van der Waals surface area contributed by atoms with Gasteiger partial charge in [0.25, 0.3) is 5.56 Å². The van der Waals surface area contributed by atoms with Gasteiger partial charge in [-0.1, -0.05) is 68.4 Å². The standard InChI is InChI=1S/C33H36N6O2/c1-21(2)18-28-32(40)37-31(30(35-28)23-6-4-3-5-7-23)24-10-8-22(9-11-24)20-38-16-14-26(15-17-38)39-29-19-25(34)12-13-27(29)36-33(39)41/h3-13,19,21,26H,14-18,20,34H2,1-2H3,(H,36,41)(H,37,40). The van der Waals surface area contributed by atoms with Gasteiger partial charge in [0, 0.05) is 42.5 Å². The highest BCUT2D eigenvalue weighted by Crippen LogP contribution is 2.30. The molecule has 0 bridgehead atoms. The average molecular weight is 549 g/mol. The van der Waals surface area contributed by atoms with Crippen molar-refractivity contribution in [3.8, 4) is 22.5 Å². The third-order valence-corrected chi connectivity index (χ3v) is 7.95. The summed E-state index contributed by atoms with van der Waals surface area (Å²) in [4.78, 5) is 39.0. The first-order chi connectivity index (χ1) is 19.9. The van der Waals surface area contributed by atoms with E-state index in [-0.39, 0.29) is 17.3 Å². The van der Waals surface area contributed by atoms with Gasteiger partial charge in [0.1, 0.15) is 5.69 Å². The molecule has 0 aliphatic carbocycles. The largest absolute Gasteiger partial charge is 0.399 e. The lowest BCUT2D eigenvalue weighted by Gasteiger charge is -2.32. The van der Waals surface area contributed by atoms with Crippen LogP contribution in [0.3, 0.4) is 0 Å². The van der Waals surface area contributed by atoms with Gasteiger partial charge in [0.15, 0.2) is 0 Å². The van der Waals surface area contributed by atoms with Crippen LogP contribution in [0.2, 0.25) is 0 Å². The van der Waals surface area contributed by atoms with Crippen LogP contribution in [0.5, 0.6) is 0 Å². The summed E-state index contributed by atoms with van der Waals surface area (Å²) in [6, 6.07) is 24.1. The Bertz CT molecular complexity index is 1780. The van der Waals surface area contributed by atoms with Crippen molar-refractivity contribution < 1.29 is 0 Å². The van der Waals surface area contributed by atoms with E-state index in [0.717, 1.165) is 66.0 Å². The van der Waals surface area contributed by atoms with E-state index in [1.54, 1.807) is 0 Å². The molecule has 1 saturated heterocycles. The molecule has 8 heteroatoms. The van der Waals surface area contributed by atoms with Gasteiger partial charge >= 0.3 is 5.69 Å². The zero-order valence-corrected chi connectivity index (χ0v) is 23.6. The molecular weight excluding hydrogens is 512 g/mol. The molecule has 0 atom stereocenters. The average Bonchev–Trinajstić information content (AvgIpc) is 3.30. The summed E-state index contributed by atoms with van der Waals surface area (Å²) in [5, 5.41) is 0. The minimum Gasteiger partial charge on any atom is -0.399 e. The maximum absolute atomic E-state index is 12.9. The molecule has 3 heterocycles. The van der Waals surface area contributed by atoms with E-state index in [4.69, 9.17) is 10.7 Å². The Morgan fingerprint density at radius 3 is 2.37 bits per heavy atom. The van der Waals surface area contributed by atoms with E-state index in [1.165, 1.54) is 5.56 Å². The number of benzene rings is 3. The zero-order chi connectivity index (χ0) is 28.5. The molecule has 0 radical (unpaired) electrons. The number of aromatic nitrogens is 4. The Morgan fingerprint density at radius 2 is 1.66 bits per heavy atom. The van der Waals surface area contributed by atoms with E-state index in [1.807, 2.05) is 53.1 Å². The number of hydrogen-bond donors (Lipinski definition) is 3. The van der Waals surface area contributed by atoms with Gasteiger partial charge in [-0.15, -0.1) is 0 Å². The molecule has 2 aromatic heterocycles. The van der Waals surface area contributed by atoms with Crippen LogP contribution in [-0.2, 0) is 13.0 Å². The SMILES string of the molecule is CC(C)Cc1nc(-c2ccccc2)c(-c2ccc(CN3CCC(n4c(=O)[nH]c5ccc(N)cc54)CC3)cc2)[nH]c1=O. The summed E-state index contributed by atoms with van der Waals surface area (Å²) in [5.41, 5.74) is 13.4. The molecule has 5 aromatic rings. The lowest BCUT2D eigenvalue weighted by atomic mass is 10.0. The Balaban J connectivity index is 1.18. The maximum atomic E-state index is 12.9. The predicted octanol–water partition coefficient (Wildman–Crippen LogP) is 5.36. The molecule has 6 rings (SSSR count). The van der Waals surface area contributed by atoms with Gasteiger partial charge in [-0.05, 0) is 48.9 Å². The van der Waals surface area contributed by atoms with Gasteiger partial charge < -0.3 is 15.7 Å². The molecule has 0 spiro atoms. The van der Waals surface area contributed by atoms with Crippen molar-refractivity contribution in [2.24, 2.45) is 5.92 Å². The summed E-state index contributed by atoms with van der Waals surface area (Å²) < 4.78 is 1.88. The fourth-order valence-corrected chi connectivity index (χ4v) is 5.90. The van der Waals surface area contributed by atoms with Crippen LogP contribution >= 0.6 is 0 Å². The number of likely N-dealkylation sites (tertiary alicyclic amines) is 1. The number of nitrogens with zero attached hydrogens (tertiary/aromatic N) is 3. The number of anilines is 1. The highest BCUT2D eigenvalue weighted by Gasteiger charge is 2.24. The van der Waals surface area contributed by atoms with Crippen molar-refractivity contribution in [3.05, 3.63) is 105 Å². The number of fused-ring (bicyclic) bond motifs is 1. The first-order valence-electron chi connectivity index (χ1n) is 14.4. The van der Waals surface area contributed by atoms with E-state index in [2.05, 4.69) is 53.0 Å². The number of nitrogen functional groups attached to an aromatic ring is 1. The number of aromatic amines is 2. The molecule has 210 valence electrons. The molecular formula is C33H36N6O2. The third kappa shape index (κ3) is 5.60. The van der Waals surface area contributed by atoms with Crippen LogP contribution in [0.25, 0.3) is 33.5 Å². The number of hydrogen-bond acceptors (Lipinski definition) is 5. The van der Waals surface area contributed by atoms with Gasteiger partial charge in [-0.3, -0.25) is 14.3 Å². The zero-order valence-electron chi connectivity index (χ0n) is 23.6. The molecule has 1 aliphatic rings. The van der Waals surface area contributed by atoms with E-state index in [9.17, 15) is 9.59 Å². The molecule has 4 N–H and O–H groups in total. The van der Waals surface area contributed by atoms with Gasteiger partial charge in [0.2, 0.25) is 0 Å². The molecule has 0 unspecified atom stereocenters. The summed E-state index contributed by atoms with van der Waals surface area (Å²) in [6.07, 6.45) is 2.43. The third-order valence-electron chi connectivity index (χ3n) is 7.95. The molecule has 0 saturated carbocycles. The first-order valence-corrected chi connectivity index (χ1v) is 14.4. The van der Waals surface area contributed by atoms with E-state index < -0.39 is 0 Å². The molecule has 1 aliphatic heterocycles. The molecule has 1 fully saturated rings. The van der Waals surface area contributed by atoms with Crippen LogP contribution in [0, 0.1) is 5.92 Å². The van der Waals surface area contributed by atoms with Gasteiger partial charge in [0.05, 0.1) is 22.4 Å². The van der Waals surface area contributed by atoms with Crippen molar-refractivity contribution in [2.45, 2.75) is 45.7 Å². The van der Waals surface area contributed by atoms with Gasteiger partial charge in [-0.2, -0.15) is 0 Å². The number of H-pyrrole nitrogens is 2. The van der Waals surface area contributed by atoms with Crippen molar-refractivity contribution in [2.75, 3.05) is 18.8 Å². The van der Waals surface area contributed by atoms with Crippen LogP contribution < -0.4 is 17.0 Å². The second-order valence-electron chi connectivity index (χ2n) is 11.5. The molecule has 3 aromatic carbocycles. The van der Waals surface area contributed by atoms with Crippen molar-refractivity contribution in [1.29, 1.82) is 0 Å². The Hall–Kier alpha value is -4.43. The lowest BCUT2D eigenvalue weighted by Crippen LogP contribution is -2.36. The summed E-state index contributed by atoms with van der Waals surface area (Å²) in [6.45, 7) is 6.82. The summed E-state index contributed by atoms with van der Waals surface area (Å²) >= 11 is 0. The fraction of sp³-hybridized carbons (Fsp3) is 0.303. The first kappa shape index (κ1) is 26.8. The van der Waals surface area contributed by atoms with Crippen LogP contribution in [-0.4, -0.2) is 37.5 Å². The molecule has 0 amide bonds. The lowest BCUT2D eigenvalue weighted by molar-refractivity contribution is 0.180. The topological polar surface area (TPSA) is 113 Å². The van der Waals surface area contributed by atoms with E-state index in [0.29, 0.717) is 23.7 Å². The Labute approximate surface area is 238 Å². The Morgan fingerprint density at radius 1 is 0.927 bits per heavy atom. The maximum Gasteiger partial charge on any atom is 0.326 e. The van der Waals surface area contributed by atoms with Crippen LogP contribution in [0.1, 0.15) is 44.0 Å². The Kier molecular flexibility index (Phi) is 7.32. The second-order valence-corrected chi connectivity index (χ2v) is 11.5. The van der Waals surface area contributed by atoms with Crippen LogP contribution in [0.15, 0.2) is 82.4 Å². The van der Waals surface area contributed by atoms with Crippen molar-refractivity contribution in [1.82, 2.24) is 24.4 Å². The number of nitrogens with one attached hydrogen (secondary N) is 2. The van der Waals surface area contributed by atoms with E-state index >= 15 is 0 Å². The number of nitrogens with two attached hydrogens (primary N) is 1. The monoisotopic (exact) mass is 548 g/mol. The second kappa shape index (κ2) is 11.2. The normalized spacial score (nSPS) is 14.7. The van der Waals surface area contributed by atoms with Crippen molar-refractivity contribution >= 4 is 16.7 Å². The minimum absolute atomic E-state index is 0.0701. The molecule has 8 nitrogen and oxygen atoms in total. The number of piperidine rings is 1. The minimum atomic E-state index is -0.127. The van der Waals surface area contributed by atoms with Crippen molar-refractivity contribution in [3.63, 3.8) is 0 Å². The van der Waals surface area contributed by atoms with Crippen LogP contribution in [0.4, 0.5) is 5.69 Å². The number of rotatable bonds is 7. The summed E-state index contributed by atoms with van der Waals surface area (Å²) in [5.74, 6) is 0.338. The fourth-order valence-electron chi connectivity index (χ4n) is 5.90.